The zero-order chi connectivity index (χ0) is 20.8. The van der Waals surface area contributed by atoms with E-state index in [4.69, 9.17) is 4.74 Å². The molecular weight excluding hydrogens is 366 g/mol. The van der Waals surface area contributed by atoms with Gasteiger partial charge < -0.3 is 14.5 Å². The van der Waals surface area contributed by atoms with Gasteiger partial charge in [0.05, 0.1) is 18.6 Å². The molecule has 2 unspecified atom stereocenters. The second-order valence-electron chi connectivity index (χ2n) is 7.51. The molecule has 0 bridgehead atoms. The second-order valence-corrected chi connectivity index (χ2v) is 7.51. The van der Waals surface area contributed by atoms with Crippen molar-refractivity contribution < 1.29 is 14.3 Å². The second kappa shape index (κ2) is 9.65. The van der Waals surface area contributed by atoms with Crippen molar-refractivity contribution in [3.05, 3.63) is 65.5 Å². The molecule has 2 amide bonds. The summed E-state index contributed by atoms with van der Waals surface area (Å²) in [5, 5.41) is 0. The van der Waals surface area contributed by atoms with Crippen LogP contribution < -0.4 is 0 Å². The molecule has 1 aliphatic heterocycles. The molecule has 1 aromatic heterocycles. The van der Waals surface area contributed by atoms with Gasteiger partial charge in [0.1, 0.15) is 0 Å². The molecule has 1 aliphatic rings. The molecule has 0 saturated carbocycles. The van der Waals surface area contributed by atoms with Crippen molar-refractivity contribution in [2.45, 2.75) is 26.8 Å². The van der Waals surface area contributed by atoms with Crippen LogP contribution in [-0.2, 0) is 9.53 Å². The number of aryl methyl sites for hydroxylation is 1. The average molecular weight is 396 g/mol. The van der Waals surface area contributed by atoms with Crippen LogP contribution in [-0.4, -0.2) is 59.4 Å². The van der Waals surface area contributed by atoms with Crippen LogP contribution in [0, 0.1) is 12.8 Å². The van der Waals surface area contributed by atoms with E-state index in [2.05, 4.69) is 4.98 Å². The van der Waals surface area contributed by atoms with Crippen LogP contribution in [0.5, 0.6) is 0 Å². The van der Waals surface area contributed by atoms with Gasteiger partial charge in [-0.2, -0.15) is 0 Å². The Balaban J connectivity index is 1.83. The van der Waals surface area contributed by atoms with Crippen molar-refractivity contribution in [2.75, 3.05) is 32.8 Å². The van der Waals surface area contributed by atoms with Gasteiger partial charge in [-0.25, -0.2) is 0 Å². The van der Waals surface area contributed by atoms with Crippen LogP contribution in [0.3, 0.4) is 0 Å². The maximum absolute atomic E-state index is 13.3. The van der Waals surface area contributed by atoms with Crippen molar-refractivity contribution in [1.82, 2.24) is 14.8 Å². The van der Waals surface area contributed by atoms with E-state index in [0.717, 1.165) is 11.1 Å². The van der Waals surface area contributed by atoms with Gasteiger partial charge in [-0.3, -0.25) is 14.6 Å². The van der Waals surface area contributed by atoms with Crippen LogP contribution >= 0.6 is 0 Å². The Labute approximate surface area is 172 Å². The summed E-state index contributed by atoms with van der Waals surface area (Å²) >= 11 is 0. The van der Waals surface area contributed by atoms with E-state index < -0.39 is 0 Å². The first-order valence-corrected chi connectivity index (χ1v) is 10.1. The molecule has 1 aromatic carbocycles. The number of hydrogen-bond acceptors (Lipinski definition) is 4. The lowest BCUT2D eigenvalue weighted by molar-refractivity contribution is -0.139. The summed E-state index contributed by atoms with van der Waals surface area (Å²) in [6.45, 7) is 8.29. The summed E-state index contributed by atoms with van der Waals surface area (Å²) in [7, 11) is 0. The lowest BCUT2D eigenvalue weighted by Crippen LogP contribution is -2.53. The molecule has 6 heteroatoms. The fraction of sp³-hybridized carbons (Fsp3) is 0.435. The minimum Gasteiger partial charge on any atom is -0.381 e. The third-order valence-electron chi connectivity index (χ3n) is 5.30. The normalized spacial score (nSPS) is 17.8. The van der Waals surface area contributed by atoms with Gasteiger partial charge in [0.25, 0.3) is 5.91 Å². The molecule has 6 nitrogen and oxygen atoms in total. The number of carbonyl (C=O) groups is 2. The predicted octanol–water partition coefficient (Wildman–Crippen LogP) is 3.09. The van der Waals surface area contributed by atoms with Gasteiger partial charge in [-0.15, -0.1) is 0 Å². The summed E-state index contributed by atoms with van der Waals surface area (Å²) in [5.41, 5.74) is 2.71. The largest absolute Gasteiger partial charge is 0.381 e. The molecule has 0 aliphatic carbocycles. The van der Waals surface area contributed by atoms with Gasteiger partial charge >= 0.3 is 0 Å². The third kappa shape index (κ3) is 5.01. The van der Waals surface area contributed by atoms with Crippen LogP contribution in [0.15, 0.2) is 48.8 Å². The first kappa shape index (κ1) is 21.0. The van der Waals surface area contributed by atoms with Gasteiger partial charge in [0.2, 0.25) is 5.91 Å². The summed E-state index contributed by atoms with van der Waals surface area (Å²) in [5.74, 6) is -0.141. The minimum atomic E-state index is -0.206. The number of aromatic nitrogens is 1. The highest BCUT2D eigenvalue weighted by Crippen LogP contribution is 2.28. The zero-order valence-corrected chi connectivity index (χ0v) is 17.4. The van der Waals surface area contributed by atoms with Crippen LogP contribution in [0.1, 0.15) is 41.4 Å². The van der Waals surface area contributed by atoms with E-state index >= 15 is 0 Å². The van der Waals surface area contributed by atoms with Crippen molar-refractivity contribution in [2.24, 2.45) is 5.92 Å². The quantitative estimate of drug-likeness (QED) is 0.754. The molecule has 29 heavy (non-hydrogen) atoms. The van der Waals surface area contributed by atoms with E-state index in [0.29, 0.717) is 38.4 Å². The molecule has 1 saturated heterocycles. The highest BCUT2D eigenvalue weighted by atomic mass is 16.5. The first-order chi connectivity index (χ1) is 14.0. The number of pyridine rings is 1. The maximum atomic E-state index is 13.3. The number of ether oxygens (including phenoxy) is 1. The number of nitrogens with zero attached hydrogens (tertiary/aromatic N) is 3. The summed E-state index contributed by atoms with van der Waals surface area (Å²) in [6, 6.07) is 11.3. The summed E-state index contributed by atoms with van der Waals surface area (Å²) in [4.78, 5) is 34.0. The molecular formula is C23H29N3O3. The Morgan fingerprint density at radius 1 is 1.21 bits per heavy atom. The molecule has 2 heterocycles. The highest BCUT2D eigenvalue weighted by molar-refractivity contribution is 5.95. The van der Waals surface area contributed by atoms with Crippen LogP contribution in [0.4, 0.5) is 0 Å². The fourth-order valence-corrected chi connectivity index (χ4v) is 3.72. The Morgan fingerprint density at radius 3 is 2.66 bits per heavy atom. The Bertz CT molecular complexity index is 840. The standard InChI is InChI=1S/C23H29N3O3/c1-4-29-16-18(3)22(27)25-12-13-26(21(15-25)19-8-10-24-11-9-19)23(28)20-7-5-6-17(2)14-20/h5-11,14,18,21H,4,12-13,15-16H2,1-3H3. The number of carbonyl (C=O) groups excluding carboxylic acids is 2. The minimum absolute atomic E-state index is 0.00928. The Morgan fingerprint density at radius 2 is 1.97 bits per heavy atom. The molecule has 0 spiro atoms. The van der Waals surface area contributed by atoms with Crippen molar-refractivity contribution in [1.29, 1.82) is 0 Å². The molecule has 3 rings (SSSR count). The average Bonchev–Trinajstić information content (AvgIpc) is 2.76. The molecule has 0 radical (unpaired) electrons. The van der Waals surface area contributed by atoms with Crippen molar-refractivity contribution >= 4 is 11.8 Å². The zero-order valence-electron chi connectivity index (χ0n) is 17.4. The summed E-state index contributed by atoms with van der Waals surface area (Å²) in [6.07, 6.45) is 3.45. The molecule has 0 N–H and O–H groups in total. The Hall–Kier alpha value is -2.73. The fourth-order valence-electron chi connectivity index (χ4n) is 3.72. The van der Waals surface area contributed by atoms with Crippen LogP contribution in [0.2, 0.25) is 0 Å². The van der Waals surface area contributed by atoms with Crippen molar-refractivity contribution in [3.63, 3.8) is 0 Å². The highest BCUT2D eigenvalue weighted by Gasteiger charge is 2.35. The third-order valence-corrected chi connectivity index (χ3v) is 5.30. The van der Waals surface area contributed by atoms with Gasteiger partial charge in [0.15, 0.2) is 0 Å². The van der Waals surface area contributed by atoms with Crippen LogP contribution in [0.25, 0.3) is 0 Å². The molecule has 2 atom stereocenters. The lowest BCUT2D eigenvalue weighted by atomic mass is 10.0. The molecule has 2 aromatic rings. The number of rotatable bonds is 6. The number of piperazine rings is 1. The van der Waals surface area contributed by atoms with E-state index in [-0.39, 0.29) is 23.8 Å². The first-order valence-electron chi connectivity index (χ1n) is 10.1. The Kier molecular flexibility index (Phi) is 6.99. The topological polar surface area (TPSA) is 62.7 Å². The van der Waals surface area contributed by atoms with E-state index in [9.17, 15) is 9.59 Å². The monoisotopic (exact) mass is 395 g/mol. The van der Waals surface area contributed by atoms with E-state index in [1.807, 2.05) is 67.0 Å². The van der Waals surface area contributed by atoms with Gasteiger partial charge in [-0.1, -0.05) is 24.6 Å². The number of benzene rings is 1. The maximum Gasteiger partial charge on any atom is 0.254 e. The number of amides is 2. The summed E-state index contributed by atoms with van der Waals surface area (Å²) < 4.78 is 5.43. The predicted molar refractivity (Wildman–Crippen MR) is 111 cm³/mol. The molecule has 1 fully saturated rings. The lowest BCUT2D eigenvalue weighted by Gasteiger charge is -2.42. The van der Waals surface area contributed by atoms with Gasteiger partial charge in [-0.05, 0) is 43.7 Å². The number of hydrogen-bond donors (Lipinski definition) is 0. The smallest absolute Gasteiger partial charge is 0.254 e. The van der Waals surface area contributed by atoms with E-state index in [1.165, 1.54) is 0 Å². The SMILES string of the molecule is CCOCC(C)C(=O)N1CCN(C(=O)c2cccc(C)c2)C(c2ccncc2)C1. The molecule has 154 valence electrons. The van der Waals surface area contributed by atoms with Gasteiger partial charge in [0, 0.05) is 44.2 Å². The van der Waals surface area contributed by atoms with Crippen molar-refractivity contribution in [3.8, 4) is 0 Å². The van der Waals surface area contributed by atoms with E-state index in [1.54, 1.807) is 12.4 Å².